The van der Waals surface area contributed by atoms with Gasteiger partial charge < -0.3 is 9.38 Å². The Morgan fingerprint density at radius 2 is 1.38 bits per heavy atom. The number of ether oxygens (including phenoxy) is 1. The summed E-state index contributed by atoms with van der Waals surface area (Å²) in [6.07, 6.45) is 0. The van der Waals surface area contributed by atoms with Crippen LogP contribution < -0.4 is 4.65 Å². The minimum atomic E-state index is -0.981. The molecule has 0 saturated carbocycles. The van der Waals surface area contributed by atoms with Crippen molar-refractivity contribution in [3.63, 3.8) is 0 Å². The van der Waals surface area contributed by atoms with E-state index >= 15 is 0 Å². The van der Waals surface area contributed by atoms with Crippen molar-refractivity contribution in [2.75, 3.05) is 7.11 Å². The molecule has 0 aromatic carbocycles. The highest BCUT2D eigenvalue weighted by Crippen LogP contribution is 2.02. The third-order valence-corrected chi connectivity index (χ3v) is 7.28. The molecule has 0 radical (unpaired) electrons. The summed E-state index contributed by atoms with van der Waals surface area (Å²) in [5.74, 6) is -0.347. The van der Waals surface area contributed by atoms with Crippen molar-refractivity contribution < 1.29 is 9.53 Å². The first-order chi connectivity index (χ1) is 6.89. The second kappa shape index (κ2) is 7.03. The van der Waals surface area contributed by atoms with Crippen LogP contribution >= 0.6 is 0 Å². The Kier molecular flexibility index (Phi) is 7.90. The maximum atomic E-state index is 10.2. The second-order valence-electron chi connectivity index (χ2n) is 5.90. The van der Waals surface area contributed by atoms with Crippen LogP contribution in [-0.2, 0) is 9.53 Å². The van der Waals surface area contributed by atoms with Gasteiger partial charge in [0.25, 0.3) is 0 Å². The van der Waals surface area contributed by atoms with Crippen molar-refractivity contribution in [1.29, 1.82) is 0 Å². The van der Waals surface area contributed by atoms with E-state index in [9.17, 15) is 4.79 Å². The highest BCUT2D eigenvalue weighted by atomic mass is 28.4. The van der Waals surface area contributed by atoms with Crippen molar-refractivity contribution >= 4 is 22.4 Å². The molecule has 1 N–H and O–H groups in total. The molecule has 0 rings (SSSR count). The molecule has 0 unspecified atom stereocenters. The Balaban J connectivity index is 0. The molecule has 5 heteroatoms. The maximum absolute atomic E-state index is 10.2. The van der Waals surface area contributed by atoms with E-state index in [4.69, 9.17) is 0 Å². The summed E-state index contributed by atoms with van der Waals surface area (Å²) >= 11 is 0. The van der Waals surface area contributed by atoms with Gasteiger partial charge in [0.2, 0.25) is 0 Å². The molecule has 0 atom stereocenters. The lowest BCUT2D eigenvalue weighted by atomic mass is 10.4. The first-order valence-corrected chi connectivity index (χ1v) is 12.4. The molecule has 0 aromatic heterocycles. The van der Waals surface area contributed by atoms with Gasteiger partial charge in [0.05, 0.1) is 7.11 Å². The lowest BCUT2D eigenvalue weighted by Gasteiger charge is -2.28. The van der Waals surface area contributed by atoms with E-state index in [0.29, 0.717) is 5.57 Å². The highest BCUT2D eigenvalue weighted by Gasteiger charge is 2.22. The Labute approximate surface area is 102 Å². The van der Waals surface area contributed by atoms with E-state index in [1.807, 2.05) is 0 Å². The zero-order valence-electron chi connectivity index (χ0n) is 12.0. The van der Waals surface area contributed by atoms with Crippen molar-refractivity contribution in [3.8, 4) is 0 Å². The first-order valence-electron chi connectivity index (χ1n) is 5.42. The third kappa shape index (κ3) is 16.0. The fourth-order valence-electron chi connectivity index (χ4n) is 1.30. The lowest BCUT2D eigenvalue weighted by molar-refractivity contribution is -0.136. The summed E-state index contributed by atoms with van der Waals surface area (Å²) in [5.41, 5.74) is 0.433. The SMILES string of the molecule is C=C(C)C(=O)OC.C[Si](C)(C)N[Si](C)(C)C. The van der Waals surface area contributed by atoms with Crippen LogP contribution in [0.25, 0.3) is 0 Å². The van der Waals surface area contributed by atoms with E-state index in [-0.39, 0.29) is 5.97 Å². The minimum Gasteiger partial charge on any atom is -0.466 e. The monoisotopic (exact) mass is 261 g/mol. The van der Waals surface area contributed by atoms with Crippen LogP contribution in [-0.4, -0.2) is 29.6 Å². The molecule has 0 amide bonds. The zero-order valence-corrected chi connectivity index (χ0v) is 14.0. The van der Waals surface area contributed by atoms with Crippen LogP contribution in [0.3, 0.4) is 0 Å². The Hall–Kier alpha value is -0.396. The van der Waals surface area contributed by atoms with Gasteiger partial charge in [-0.1, -0.05) is 45.9 Å². The highest BCUT2D eigenvalue weighted by molar-refractivity contribution is 6.90. The van der Waals surface area contributed by atoms with E-state index in [2.05, 4.69) is 55.2 Å². The fourth-order valence-corrected chi connectivity index (χ4v) is 10.3. The summed E-state index contributed by atoms with van der Waals surface area (Å²) in [5, 5.41) is 0. The van der Waals surface area contributed by atoms with Crippen molar-refractivity contribution in [2.45, 2.75) is 46.2 Å². The largest absolute Gasteiger partial charge is 0.466 e. The third-order valence-electron chi connectivity index (χ3n) is 1.28. The summed E-state index contributed by atoms with van der Waals surface area (Å²) < 4.78 is 8.01. The van der Waals surface area contributed by atoms with Gasteiger partial charge in [-0.2, -0.15) is 0 Å². The minimum absolute atomic E-state index is 0.347. The van der Waals surface area contributed by atoms with E-state index < -0.39 is 16.5 Å². The Morgan fingerprint density at radius 1 is 1.06 bits per heavy atom. The van der Waals surface area contributed by atoms with Gasteiger partial charge in [0, 0.05) is 5.57 Å². The number of hydrogen-bond donors (Lipinski definition) is 1. The molecule has 16 heavy (non-hydrogen) atoms. The molecular weight excluding hydrogens is 234 g/mol. The summed E-state index contributed by atoms with van der Waals surface area (Å²) in [6, 6.07) is 0. The predicted octanol–water partition coefficient (Wildman–Crippen LogP) is 2.98. The van der Waals surface area contributed by atoms with Gasteiger partial charge in [0.1, 0.15) is 16.5 Å². The molecule has 0 bridgehead atoms. The number of rotatable bonds is 3. The molecular formula is C11H27NO2Si2. The smallest absolute Gasteiger partial charge is 0.332 e. The number of carbonyl (C=O) groups is 1. The molecule has 0 fully saturated rings. The van der Waals surface area contributed by atoms with Gasteiger partial charge in [-0.15, -0.1) is 0 Å². The van der Waals surface area contributed by atoms with E-state index in [1.165, 1.54) is 7.11 Å². The molecule has 3 nitrogen and oxygen atoms in total. The standard InChI is InChI=1S/C6H19NSi2.C5H8O2/c1-8(2,3)7-9(4,5)6;1-4(2)5(6)7-3/h7H,1-6H3;1H2,2-3H3. The van der Waals surface area contributed by atoms with Gasteiger partial charge in [-0.25, -0.2) is 4.79 Å². The van der Waals surface area contributed by atoms with E-state index in [0.717, 1.165) is 0 Å². The van der Waals surface area contributed by atoms with Gasteiger partial charge in [-0.05, 0) is 6.92 Å². The molecule has 0 aliphatic rings. The number of hydrogen-bond acceptors (Lipinski definition) is 3. The number of esters is 1. The van der Waals surface area contributed by atoms with E-state index in [1.54, 1.807) is 6.92 Å². The maximum Gasteiger partial charge on any atom is 0.332 e. The summed E-state index contributed by atoms with van der Waals surface area (Å²) in [4.78, 5) is 10.2. The summed E-state index contributed by atoms with van der Waals surface area (Å²) in [7, 11) is -0.631. The van der Waals surface area contributed by atoms with Crippen LogP contribution in [0.5, 0.6) is 0 Å². The lowest BCUT2D eigenvalue weighted by Crippen LogP contribution is -2.55. The number of carbonyl (C=O) groups excluding carboxylic acids is 1. The quantitative estimate of drug-likeness (QED) is 0.482. The molecule has 0 spiro atoms. The normalized spacial score (nSPS) is 11.2. The predicted molar refractivity (Wildman–Crippen MR) is 76.7 cm³/mol. The molecule has 0 aliphatic heterocycles. The van der Waals surface area contributed by atoms with Gasteiger partial charge in [-0.3, -0.25) is 0 Å². The Bertz CT molecular complexity index is 227. The van der Waals surface area contributed by atoms with Crippen molar-refractivity contribution in [1.82, 2.24) is 4.65 Å². The van der Waals surface area contributed by atoms with Crippen molar-refractivity contribution in [3.05, 3.63) is 12.2 Å². The Morgan fingerprint density at radius 3 is 1.38 bits per heavy atom. The molecule has 96 valence electrons. The van der Waals surface area contributed by atoms with Crippen LogP contribution in [0.2, 0.25) is 39.3 Å². The molecule has 0 aliphatic carbocycles. The van der Waals surface area contributed by atoms with Gasteiger partial charge in [0.15, 0.2) is 0 Å². The number of nitrogens with one attached hydrogen (secondary N) is 1. The van der Waals surface area contributed by atoms with Crippen LogP contribution in [0.1, 0.15) is 6.92 Å². The van der Waals surface area contributed by atoms with Crippen LogP contribution in [0.4, 0.5) is 0 Å². The topological polar surface area (TPSA) is 38.3 Å². The van der Waals surface area contributed by atoms with Gasteiger partial charge >= 0.3 is 5.97 Å². The molecule has 0 aromatic rings. The average molecular weight is 262 g/mol. The average Bonchev–Trinajstić information content (AvgIpc) is 1.96. The molecule has 0 heterocycles. The fraction of sp³-hybridized carbons (Fsp3) is 0.727. The zero-order chi connectivity index (χ0) is 13.6. The first kappa shape index (κ1) is 18.0. The summed E-state index contributed by atoms with van der Waals surface area (Å²) in [6.45, 7) is 19.1. The number of methoxy groups -OCH3 is 1. The molecule has 0 saturated heterocycles. The van der Waals surface area contributed by atoms with Crippen LogP contribution in [0, 0.1) is 0 Å². The van der Waals surface area contributed by atoms with Crippen LogP contribution in [0.15, 0.2) is 12.2 Å². The van der Waals surface area contributed by atoms with Crippen molar-refractivity contribution in [2.24, 2.45) is 0 Å². The second-order valence-corrected chi connectivity index (χ2v) is 15.9.